The van der Waals surface area contributed by atoms with E-state index in [2.05, 4.69) is 24.0 Å². The SMILES string of the molecule is CCCCN(c1ccc(C(C)N)cc1Cl)C1CC1. The van der Waals surface area contributed by atoms with Crippen molar-refractivity contribution in [1.29, 1.82) is 0 Å². The van der Waals surface area contributed by atoms with Crippen molar-refractivity contribution in [1.82, 2.24) is 0 Å². The molecule has 1 saturated carbocycles. The fourth-order valence-electron chi connectivity index (χ4n) is 2.25. The van der Waals surface area contributed by atoms with Crippen molar-refractivity contribution in [3.63, 3.8) is 0 Å². The minimum absolute atomic E-state index is 0.0431. The third kappa shape index (κ3) is 3.18. The maximum absolute atomic E-state index is 6.42. The van der Waals surface area contributed by atoms with Gasteiger partial charge in [-0.15, -0.1) is 0 Å². The second-order valence-electron chi connectivity index (χ2n) is 5.28. The van der Waals surface area contributed by atoms with Crippen LogP contribution >= 0.6 is 11.6 Å². The molecule has 100 valence electrons. The summed E-state index contributed by atoms with van der Waals surface area (Å²) in [5.74, 6) is 0. The van der Waals surface area contributed by atoms with Crippen LogP contribution in [0.4, 0.5) is 5.69 Å². The van der Waals surface area contributed by atoms with E-state index in [1.165, 1.54) is 31.4 Å². The number of nitrogens with two attached hydrogens (primary N) is 1. The molecule has 3 heteroatoms. The third-order valence-electron chi connectivity index (χ3n) is 3.55. The smallest absolute Gasteiger partial charge is 0.0642 e. The van der Waals surface area contributed by atoms with E-state index in [4.69, 9.17) is 17.3 Å². The van der Waals surface area contributed by atoms with E-state index >= 15 is 0 Å². The van der Waals surface area contributed by atoms with E-state index in [1.807, 2.05) is 13.0 Å². The molecule has 0 heterocycles. The Morgan fingerprint density at radius 3 is 2.67 bits per heavy atom. The highest BCUT2D eigenvalue weighted by molar-refractivity contribution is 6.33. The molecule has 1 aliphatic carbocycles. The minimum atomic E-state index is 0.0431. The van der Waals surface area contributed by atoms with Crippen molar-refractivity contribution >= 4 is 17.3 Å². The largest absolute Gasteiger partial charge is 0.367 e. The number of anilines is 1. The maximum Gasteiger partial charge on any atom is 0.0642 e. The zero-order valence-corrected chi connectivity index (χ0v) is 12.1. The summed E-state index contributed by atoms with van der Waals surface area (Å²) < 4.78 is 0. The molecule has 0 bridgehead atoms. The molecule has 0 amide bonds. The molecule has 1 atom stereocenters. The first kappa shape index (κ1) is 13.7. The van der Waals surface area contributed by atoms with Crippen LogP contribution < -0.4 is 10.6 Å². The molecule has 0 aromatic heterocycles. The van der Waals surface area contributed by atoms with Gasteiger partial charge in [-0.2, -0.15) is 0 Å². The van der Waals surface area contributed by atoms with Crippen molar-refractivity contribution in [2.75, 3.05) is 11.4 Å². The Labute approximate surface area is 115 Å². The molecule has 2 nitrogen and oxygen atoms in total. The van der Waals surface area contributed by atoms with E-state index in [-0.39, 0.29) is 6.04 Å². The van der Waals surface area contributed by atoms with Gasteiger partial charge in [-0.05, 0) is 43.9 Å². The van der Waals surface area contributed by atoms with Crippen LogP contribution in [-0.4, -0.2) is 12.6 Å². The number of hydrogen-bond donors (Lipinski definition) is 1. The Morgan fingerprint density at radius 2 is 2.17 bits per heavy atom. The Kier molecular flexibility index (Phi) is 4.52. The molecule has 0 radical (unpaired) electrons. The molecule has 1 unspecified atom stereocenters. The summed E-state index contributed by atoms with van der Waals surface area (Å²) in [5.41, 5.74) is 8.17. The van der Waals surface area contributed by atoms with Gasteiger partial charge in [0.1, 0.15) is 0 Å². The van der Waals surface area contributed by atoms with Crippen molar-refractivity contribution < 1.29 is 0 Å². The molecular weight excluding hydrogens is 244 g/mol. The van der Waals surface area contributed by atoms with Crippen molar-refractivity contribution in [2.24, 2.45) is 5.73 Å². The van der Waals surface area contributed by atoms with Crippen molar-refractivity contribution in [3.05, 3.63) is 28.8 Å². The Morgan fingerprint density at radius 1 is 1.44 bits per heavy atom. The summed E-state index contributed by atoms with van der Waals surface area (Å²) >= 11 is 6.42. The van der Waals surface area contributed by atoms with Crippen LogP contribution in [0.15, 0.2) is 18.2 Å². The van der Waals surface area contributed by atoms with Gasteiger partial charge in [0, 0.05) is 18.6 Å². The lowest BCUT2D eigenvalue weighted by atomic mass is 10.1. The van der Waals surface area contributed by atoms with Gasteiger partial charge in [0.15, 0.2) is 0 Å². The number of unbranched alkanes of at least 4 members (excludes halogenated alkanes) is 1. The number of benzene rings is 1. The van der Waals surface area contributed by atoms with Gasteiger partial charge in [-0.25, -0.2) is 0 Å². The normalized spacial score (nSPS) is 16.7. The summed E-state index contributed by atoms with van der Waals surface area (Å²) in [4.78, 5) is 2.47. The van der Waals surface area contributed by atoms with Gasteiger partial charge < -0.3 is 10.6 Å². The second kappa shape index (κ2) is 5.94. The molecule has 1 aromatic rings. The van der Waals surface area contributed by atoms with Crippen molar-refractivity contribution in [3.8, 4) is 0 Å². The molecule has 1 fully saturated rings. The first-order valence-electron chi connectivity index (χ1n) is 6.95. The highest BCUT2D eigenvalue weighted by atomic mass is 35.5. The van der Waals surface area contributed by atoms with Crippen LogP contribution in [-0.2, 0) is 0 Å². The zero-order chi connectivity index (χ0) is 13.1. The lowest BCUT2D eigenvalue weighted by Crippen LogP contribution is -2.27. The first-order valence-corrected chi connectivity index (χ1v) is 7.33. The van der Waals surface area contributed by atoms with Crippen LogP contribution in [0.3, 0.4) is 0 Å². The molecule has 0 saturated heterocycles. The van der Waals surface area contributed by atoms with Crippen LogP contribution in [0.1, 0.15) is 51.1 Å². The summed E-state index contributed by atoms with van der Waals surface area (Å²) in [6.07, 6.45) is 5.05. The van der Waals surface area contributed by atoms with E-state index < -0.39 is 0 Å². The van der Waals surface area contributed by atoms with Crippen molar-refractivity contribution in [2.45, 2.75) is 51.6 Å². The van der Waals surface area contributed by atoms with Gasteiger partial charge >= 0.3 is 0 Å². The van der Waals surface area contributed by atoms with Gasteiger partial charge in [-0.3, -0.25) is 0 Å². The Balaban J connectivity index is 2.19. The summed E-state index contributed by atoms with van der Waals surface area (Å²) in [6.45, 7) is 5.32. The maximum atomic E-state index is 6.42. The monoisotopic (exact) mass is 266 g/mol. The number of hydrogen-bond acceptors (Lipinski definition) is 2. The molecule has 18 heavy (non-hydrogen) atoms. The Bertz CT molecular complexity index is 399. The fourth-order valence-corrected chi connectivity index (χ4v) is 2.55. The van der Waals surface area contributed by atoms with Gasteiger partial charge in [0.25, 0.3) is 0 Å². The molecule has 2 rings (SSSR count). The lowest BCUT2D eigenvalue weighted by Gasteiger charge is -2.26. The summed E-state index contributed by atoms with van der Waals surface area (Å²) in [5, 5.41) is 0.841. The molecular formula is C15H23ClN2. The number of halogens is 1. The van der Waals surface area contributed by atoms with E-state index in [1.54, 1.807) is 0 Å². The van der Waals surface area contributed by atoms with Gasteiger partial charge in [0.2, 0.25) is 0 Å². The minimum Gasteiger partial charge on any atom is -0.367 e. The average molecular weight is 267 g/mol. The molecule has 1 aliphatic rings. The van der Waals surface area contributed by atoms with E-state index in [9.17, 15) is 0 Å². The number of nitrogens with zero attached hydrogens (tertiary/aromatic N) is 1. The van der Waals surface area contributed by atoms with Crippen LogP contribution in [0.2, 0.25) is 5.02 Å². The third-order valence-corrected chi connectivity index (χ3v) is 3.85. The Hall–Kier alpha value is -0.730. The van der Waals surface area contributed by atoms with E-state index in [0.717, 1.165) is 17.1 Å². The quantitative estimate of drug-likeness (QED) is 0.839. The predicted molar refractivity (Wildman–Crippen MR) is 79.3 cm³/mol. The van der Waals surface area contributed by atoms with Crippen LogP contribution in [0.5, 0.6) is 0 Å². The first-order chi connectivity index (χ1) is 8.63. The zero-order valence-electron chi connectivity index (χ0n) is 11.3. The summed E-state index contributed by atoms with van der Waals surface area (Å²) in [7, 11) is 0. The predicted octanol–water partition coefficient (Wildman–Crippen LogP) is 4.13. The fraction of sp³-hybridized carbons (Fsp3) is 0.600. The lowest BCUT2D eigenvalue weighted by molar-refractivity contribution is 0.712. The highest BCUT2D eigenvalue weighted by Crippen LogP contribution is 2.36. The summed E-state index contributed by atoms with van der Waals surface area (Å²) in [6, 6.07) is 7.00. The van der Waals surface area contributed by atoms with E-state index in [0.29, 0.717) is 6.04 Å². The molecule has 0 aliphatic heterocycles. The van der Waals surface area contributed by atoms with Crippen LogP contribution in [0, 0.1) is 0 Å². The molecule has 2 N–H and O–H groups in total. The molecule has 0 spiro atoms. The highest BCUT2D eigenvalue weighted by Gasteiger charge is 2.29. The van der Waals surface area contributed by atoms with Gasteiger partial charge in [-0.1, -0.05) is 31.0 Å². The topological polar surface area (TPSA) is 29.3 Å². The second-order valence-corrected chi connectivity index (χ2v) is 5.68. The van der Waals surface area contributed by atoms with Crippen LogP contribution in [0.25, 0.3) is 0 Å². The standard InChI is InChI=1S/C15H23ClN2/c1-3-4-9-18(13-6-7-13)15-8-5-12(11(2)17)10-14(15)16/h5,8,10-11,13H,3-4,6-7,9,17H2,1-2H3. The average Bonchev–Trinajstić information content (AvgIpc) is 3.15. The van der Waals surface area contributed by atoms with Gasteiger partial charge in [0.05, 0.1) is 10.7 Å². The number of rotatable bonds is 6. The molecule has 1 aromatic carbocycles.